The van der Waals surface area contributed by atoms with Crippen LogP contribution in [0.3, 0.4) is 0 Å². The molecule has 3 heterocycles. The molecule has 11 nitrogen and oxygen atoms in total. The van der Waals surface area contributed by atoms with Gasteiger partial charge in [0.05, 0.1) is 26.0 Å². The van der Waals surface area contributed by atoms with Gasteiger partial charge in [-0.3, -0.25) is 14.5 Å². The van der Waals surface area contributed by atoms with Gasteiger partial charge in [0.25, 0.3) is 0 Å². The number of carbonyl (C=O) groups is 1. The highest BCUT2D eigenvalue weighted by Crippen LogP contribution is 2.44. The zero-order valence-corrected chi connectivity index (χ0v) is 27.2. The molecule has 1 amide bonds. The fourth-order valence-corrected chi connectivity index (χ4v) is 6.34. The fourth-order valence-electron chi connectivity index (χ4n) is 5.00. The predicted molar refractivity (Wildman–Crippen MR) is 170 cm³/mol. The summed E-state index contributed by atoms with van der Waals surface area (Å²) in [6, 6.07) is 5.68. The van der Waals surface area contributed by atoms with Crippen molar-refractivity contribution in [3.8, 4) is 23.0 Å². The third kappa shape index (κ3) is 8.49. The first-order valence-electron chi connectivity index (χ1n) is 15.0. The number of ether oxygens (including phenoxy) is 2. The summed E-state index contributed by atoms with van der Waals surface area (Å²) in [5.41, 5.74) is 2.45. The molecule has 1 fully saturated rings. The Labute approximate surface area is 273 Å². The van der Waals surface area contributed by atoms with E-state index in [1.807, 2.05) is 6.92 Å². The molecule has 2 N–H and O–H groups in total. The Morgan fingerprint density at radius 3 is 2.48 bits per heavy atom. The first-order chi connectivity index (χ1) is 22.8. The van der Waals surface area contributed by atoms with Crippen LogP contribution in [0.4, 0.5) is 33.5 Å². The summed E-state index contributed by atoms with van der Waals surface area (Å²) >= 11 is 0. The van der Waals surface area contributed by atoms with Gasteiger partial charge < -0.3 is 19.3 Å². The van der Waals surface area contributed by atoms with E-state index in [9.17, 15) is 22.5 Å². The maximum absolute atomic E-state index is 15.0. The van der Waals surface area contributed by atoms with E-state index in [2.05, 4.69) is 24.6 Å². The standard InChI is InChI=1S/C31H34F5N7O4S/c1-4-46-21-14-23(32)22(24(33)15-21)17-43-27(19-6-7-19)18(2)26(41-43)29-38-16-25(28(40-29)39-20-8-10-37-11-9-20)47-12-5-13-48(3,45)42-30(44)31(34,35)36/h8-11,14-16,19,48H,4-7,12-13,17H2,1-3H3,(H,42,44,45)(H,37,38,39,40). The van der Waals surface area contributed by atoms with Gasteiger partial charge in [0.2, 0.25) is 0 Å². The number of alkyl halides is 3. The van der Waals surface area contributed by atoms with Gasteiger partial charge in [0.1, 0.15) is 23.1 Å². The largest absolute Gasteiger partial charge is 0.494 e. The Bertz CT molecular complexity index is 1820. The van der Waals surface area contributed by atoms with Gasteiger partial charge in [-0.15, -0.1) is 10.1 Å². The van der Waals surface area contributed by atoms with Crippen LogP contribution in [0.1, 0.15) is 48.9 Å². The van der Waals surface area contributed by atoms with E-state index < -0.39 is 33.8 Å². The monoisotopic (exact) mass is 695 g/mol. The van der Waals surface area contributed by atoms with Crippen LogP contribution in [0, 0.1) is 18.6 Å². The Morgan fingerprint density at radius 1 is 1.17 bits per heavy atom. The molecule has 1 aliphatic carbocycles. The lowest BCUT2D eigenvalue weighted by Gasteiger charge is -2.18. The number of nitrogens with zero attached hydrogens (tertiary/aromatic N) is 6. The molecule has 0 unspecified atom stereocenters. The summed E-state index contributed by atoms with van der Waals surface area (Å²) in [6.45, 7) is 3.62. The van der Waals surface area contributed by atoms with Crippen molar-refractivity contribution in [1.29, 1.82) is 0 Å². The van der Waals surface area contributed by atoms with E-state index in [0.717, 1.165) is 42.5 Å². The van der Waals surface area contributed by atoms with Gasteiger partial charge in [-0.25, -0.2) is 18.7 Å². The molecule has 48 heavy (non-hydrogen) atoms. The van der Waals surface area contributed by atoms with Gasteiger partial charge in [0, 0.05) is 58.7 Å². The Kier molecular flexibility index (Phi) is 10.4. The summed E-state index contributed by atoms with van der Waals surface area (Å²) in [6.07, 6.45) is 2.36. The highest BCUT2D eigenvalue weighted by Gasteiger charge is 2.39. The van der Waals surface area contributed by atoms with Crippen molar-refractivity contribution in [2.75, 3.05) is 30.5 Å². The highest BCUT2D eigenvalue weighted by molar-refractivity contribution is 7.99. The zero-order chi connectivity index (χ0) is 34.6. The van der Waals surface area contributed by atoms with E-state index in [4.69, 9.17) is 14.6 Å². The summed E-state index contributed by atoms with van der Waals surface area (Å²) in [5, 5.41) is 7.84. The molecular formula is C31H34F5N7O4S. The molecule has 1 aliphatic rings. The van der Waals surface area contributed by atoms with Crippen molar-refractivity contribution in [3.05, 3.63) is 71.3 Å². The molecule has 1 saturated carbocycles. The molecule has 5 rings (SSSR count). The summed E-state index contributed by atoms with van der Waals surface area (Å²) in [4.78, 5) is 24.3. The van der Waals surface area contributed by atoms with Gasteiger partial charge in [-0.05, 0) is 51.5 Å². The second-order valence-electron chi connectivity index (χ2n) is 11.3. The number of pyridine rings is 1. The molecule has 0 saturated heterocycles. The number of halogens is 5. The second kappa shape index (κ2) is 14.3. The fraction of sp³-hybridized carbons (Fsp3) is 0.387. The number of rotatable bonds is 13. The average Bonchev–Trinajstić information content (AvgIpc) is 3.80. The quantitative estimate of drug-likeness (QED) is 0.0823. The molecule has 0 aliphatic heterocycles. The molecule has 17 heteroatoms. The van der Waals surface area contributed by atoms with E-state index in [0.29, 0.717) is 11.4 Å². The Hall–Kier alpha value is -4.51. The maximum Gasteiger partial charge on any atom is 0.474 e. The van der Waals surface area contributed by atoms with E-state index >= 15 is 8.78 Å². The maximum atomic E-state index is 15.0. The summed E-state index contributed by atoms with van der Waals surface area (Å²) in [7, 11) is -3.52. The van der Waals surface area contributed by atoms with Crippen LogP contribution in [0.5, 0.6) is 11.5 Å². The molecule has 0 atom stereocenters. The van der Waals surface area contributed by atoms with Crippen molar-refractivity contribution in [2.45, 2.75) is 51.7 Å². The lowest BCUT2D eigenvalue weighted by atomic mass is 10.1. The van der Waals surface area contributed by atoms with Crippen LogP contribution in [0.15, 0.2) is 47.2 Å². The lowest BCUT2D eigenvalue weighted by Crippen LogP contribution is -2.25. The smallest absolute Gasteiger partial charge is 0.474 e. The predicted octanol–water partition coefficient (Wildman–Crippen LogP) is 6.42. The molecule has 4 aromatic rings. The molecule has 3 aromatic heterocycles. The van der Waals surface area contributed by atoms with E-state index in [-0.39, 0.29) is 66.6 Å². The number of aromatic nitrogens is 5. The van der Waals surface area contributed by atoms with Crippen LogP contribution in [0.2, 0.25) is 0 Å². The van der Waals surface area contributed by atoms with Crippen LogP contribution in [-0.4, -0.2) is 66.6 Å². The number of amides is 1. The average molecular weight is 696 g/mol. The van der Waals surface area contributed by atoms with Crippen LogP contribution >= 0.6 is 0 Å². The van der Waals surface area contributed by atoms with Crippen molar-refractivity contribution in [2.24, 2.45) is 4.36 Å². The number of thiol groups is 1. The van der Waals surface area contributed by atoms with Gasteiger partial charge in [-0.1, -0.05) is 0 Å². The van der Waals surface area contributed by atoms with Gasteiger partial charge in [0.15, 0.2) is 17.4 Å². The highest BCUT2D eigenvalue weighted by atomic mass is 32.3. The van der Waals surface area contributed by atoms with E-state index in [1.165, 1.54) is 6.20 Å². The Balaban J connectivity index is 1.42. The lowest BCUT2D eigenvalue weighted by molar-refractivity contribution is -0.169. The number of benzene rings is 1. The number of carbonyl (C=O) groups excluding carboxylic acids is 1. The first-order valence-corrected chi connectivity index (χ1v) is 17.4. The number of hydrogen-bond acceptors (Lipinski definition) is 8. The molecule has 0 radical (unpaired) electrons. The van der Waals surface area contributed by atoms with E-state index in [1.54, 1.807) is 36.1 Å². The number of hydrogen-bond donors (Lipinski definition) is 3. The SMILES string of the molecule is CCOc1cc(F)c(Cn2nc(-c3ncc(OCCC[SH](C)(O)=NC(=O)C(F)(F)F)c(Nc4ccncc4)n3)c(C)c2C2CC2)c(F)c1. The van der Waals surface area contributed by atoms with Gasteiger partial charge >= 0.3 is 12.1 Å². The normalized spacial score (nSPS) is 13.7. The Morgan fingerprint density at radius 2 is 1.85 bits per heavy atom. The molecule has 0 bridgehead atoms. The zero-order valence-electron chi connectivity index (χ0n) is 26.3. The second-order valence-corrected chi connectivity index (χ2v) is 14.1. The van der Waals surface area contributed by atoms with Crippen LogP contribution in [0.25, 0.3) is 11.5 Å². The van der Waals surface area contributed by atoms with Crippen LogP contribution < -0.4 is 14.8 Å². The van der Waals surface area contributed by atoms with Crippen molar-refractivity contribution in [1.82, 2.24) is 24.7 Å². The topological polar surface area (TPSA) is 137 Å². The van der Waals surface area contributed by atoms with Crippen molar-refractivity contribution < 1.29 is 40.8 Å². The van der Waals surface area contributed by atoms with Crippen molar-refractivity contribution in [3.63, 3.8) is 0 Å². The minimum absolute atomic E-state index is 0.0572. The third-order valence-electron chi connectivity index (χ3n) is 7.38. The minimum atomic E-state index is -5.16. The summed E-state index contributed by atoms with van der Waals surface area (Å²) in [5.74, 6) is -3.12. The molecule has 258 valence electrons. The van der Waals surface area contributed by atoms with Crippen LogP contribution in [-0.2, 0) is 21.4 Å². The minimum Gasteiger partial charge on any atom is -0.494 e. The third-order valence-corrected chi connectivity index (χ3v) is 9.15. The van der Waals surface area contributed by atoms with Crippen molar-refractivity contribution >= 4 is 27.5 Å². The number of nitrogens with one attached hydrogen (secondary N) is 1. The molecule has 1 aromatic carbocycles. The molecule has 0 spiro atoms. The molecular weight excluding hydrogens is 661 g/mol. The first kappa shape index (κ1) is 34.8. The summed E-state index contributed by atoms with van der Waals surface area (Å²) < 4.78 is 93.7. The number of anilines is 2. The van der Waals surface area contributed by atoms with Gasteiger partial charge in [-0.2, -0.15) is 22.6 Å².